The van der Waals surface area contributed by atoms with Crippen LogP contribution in [-0.4, -0.2) is 26.7 Å². The van der Waals surface area contributed by atoms with E-state index >= 15 is 0 Å². The van der Waals surface area contributed by atoms with Crippen LogP contribution < -0.4 is 4.72 Å². The van der Waals surface area contributed by atoms with Crippen LogP contribution in [0.1, 0.15) is 6.92 Å². The van der Waals surface area contributed by atoms with Crippen molar-refractivity contribution in [1.29, 1.82) is 0 Å². The minimum atomic E-state index is -3.52. The van der Waals surface area contributed by atoms with Crippen LogP contribution >= 0.6 is 0 Å². The lowest BCUT2D eigenvalue weighted by atomic mass is 10.1. The van der Waals surface area contributed by atoms with E-state index in [4.69, 9.17) is 5.11 Å². The zero-order valence-corrected chi connectivity index (χ0v) is 11.5. The SMILES string of the molecule is CC(CO)CNS(=O)(=O)c1ccc2ccccc2c1. The van der Waals surface area contributed by atoms with Gasteiger partial charge < -0.3 is 5.11 Å². The predicted octanol–water partition coefficient (Wildman–Crippen LogP) is 1.75. The first kappa shape index (κ1) is 14.0. The molecule has 2 N–H and O–H groups in total. The second-order valence-corrected chi connectivity index (χ2v) is 6.42. The van der Waals surface area contributed by atoms with Crippen LogP contribution in [0, 0.1) is 5.92 Å². The van der Waals surface area contributed by atoms with Crippen molar-refractivity contribution in [3.05, 3.63) is 42.5 Å². The third-order valence-electron chi connectivity index (χ3n) is 2.96. The Morgan fingerprint density at radius 3 is 2.53 bits per heavy atom. The molecule has 0 aromatic heterocycles. The number of sulfonamides is 1. The molecule has 2 aromatic carbocycles. The van der Waals surface area contributed by atoms with Crippen LogP contribution in [0.2, 0.25) is 0 Å². The van der Waals surface area contributed by atoms with Gasteiger partial charge >= 0.3 is 0 Å². The Bertz CT molecular complexity index is 667. The first-order valence-corrected chi connectivity index (χ1v) is 7.60. The lowest BCUT2D eigenvalue weighted by Gasteiger charge is -2.11. The largest absolute Gasteiger partial charge is 0.396 e. The maximum atomic E-state index is 12.1. The molecule has 5 heteroatoms. The Morgan fingerprint density at radius 1 is 1.16 bits per heavy atom. The number of hydrogen-bond acceptors (Lipinski definition) is 3. The van der Waals surface area contributed by atoms with E-state index in [9.17, 15) is 8.42 Å². The molecular weight excluding hydrogens is 262 g/mol. The summed E-state index contributed by atoms with van der Waals surface area (Å²) < 4.78 is 26.7. The lowest BCUT2D eigenvalue weighted by molar-refractivity contribution is 0.238. The molecule has 2 rings (SSSR count). The number of hydrogen-bond donors (Lipinski definition) is 2. The molecule has 2 aromatic rings. The molecule has 1 unspecified atom stereocenters. The zero-order chi connectivity index (χ0) is 13.9. The Labute approximate surface area is 113 Å². The molecule has 0 saturated carbocycles. The first-order valence-electron chi connectivity index (χ1n) is 6.12. The van der Waals surface area contributed by atoms with E-state index in [1.807, 2.05) is 24.3 Å². The molecule has 19 heavy (non-hydrogen) atoms. The standard InChI is InChI=1S/C14H17NO3S/c1-11(10-16)9-15-19(17,18)14-7-6-12-4-2-3-5-13(12)8-14/h2-8,11,15-16H,9-10H2,1H3. The maximum absolute atomic E-state index is 12.1. The van der Waals surface area contributed by atoms with E-state index in [2.05, 4.69) is 4.72 Å². The van der Waals surface area contributed by atoms with E-state index in [1.165, 1.54) is 0 Å². The summed E-state index contributed by atoms with van der Waals surface area (Å²) in [5.41, 5.74) is 0. The summed E-state index contributed by atoms with van der Waals surface area (Å²) in [7, 11) is -3.52. The highest BCUT2D eigenvalue weighted by Gasteiger charge is 2.15. The highest BCUT2D eigenvalue weighted by molar-refractivity contribution is 7.89. The summed E-state index contributed by atoms with van der Waals surface area (Å²) in [5, 5.41) is 10.8. The van der Waals surface area contributed by atoms with Gasteiger partial charge in [0.25, 0.3) is 0 Å². The van der Waals surface area contributed by atoms with E-state index in [-0.39, 0.29) is 24.0 Å². The van der Waals surface area contributed by atoms with E-state index in [0.717, 1.165) is 10.8 Å². The number of nitrogens with one attached hydrogen (secondary N) is 1. The smallest absolute Gasteiger partial charge is 0.240 e. The van der Waals surface area contributed by atoms with Crippen molar-refractivity contribution in [2.75, 3.05) is 13.2 Å². The average molecular weight is 279 g/mol. The minimum Gasteiger partial charge on any atom is -0.396 e. The predicted molar refractivity (Wildman–Crippen MR) is 75.4 cm³/mol. The fraction of sp³-hybridized carbons (Fsp3) is 0.286. The molecule has 0 amide bonds. The molecule has 4 nitrogen and oxygen atoms in total. The molecule has 0 bridgehead atoms. The van der Waals surface area contributed by atoms with Crippen molar-refractivity contribution in [1.82, 2.24) is 4.72 Å². The molecule has 0 aliphatic heterocycles. The lowest BCUT2D eigenvalue weighted by Crippen LogP contribution is -2.29. The molecular formula is C14H17NO3S. The van der Waals surface area contributed by atoms with Gasteiger partial charge in [-0.25, -0.2) is 13.1 Å². The van der Waals surface area contributed by atoms with Crippen LogP contribution in [0.4, 0.5) is 0 Å². The Kier molecular flexibility index (Phi) is 4.19. The second-order valence-electron chi connectivity index (χ2n) is 4.65. The monoisotopic (exact) mass is 279 g/mol. The van der Waals surface area contributed by atoms with Gasteiger partial charge in [-0.1, -0.05) is 37.3 Å². The van der Waals surface area contributed by atoms with Gasteiger partial charge in [-0.3, -0.25) is 0 Å². The maximum Gasteiger partial charge on any atom is 0.240 e. The van der Waals surface area contributed by atoms with E-state index in [0.29, 0.717) is 0 Å². The molecule has 1 atom stereocenters. The van der Waals surface area contributed by atoms with Crippen molar-refractivity contribution >= 4 is 20.8 Å². The zero-order valence-electron chi connectivity index (χ0n) is 10.7. The third-order valence-corrected chi connectivity index (χ3v) is 4.39. The van der Waals surface area contributed by atoms with Crippen molar-refractivity contribution in [2.24, 2.45) is 5.92 Å². The number of benzene rings is 2. The van der Waals surface area contributed by atoms with Gasteiger partial charge in [-0.2, -0.15) is 0 Å². The van der Waals surface area contributed by atoms with E-state index < -0.39 is 10.0 Å². The Morgan fingerprint density at radius 2 is 1.84 bits per heavy atom. The Balaban J connectivity index is 2.27. The van der Waals surface area contributed by atoms with Crippen molar-refractivity contribution in [3.63, 3.8) is 0 Å². The summed E-state index contributed by atoms with van der Waals surface area (Å²) >= 11 is 0. The molecule has 0 saturated heterocycles. The minimum absolute atomic E-state index is 0.0414. The molecule has 0 heterocycles. The molecule has 0 fully saturated rings. The fourth-order valence-corrected chi connectivity index (χ4v) is 2.93. The number of aliphatic hydroxyl groups is 1. The van der Waals surface area contributed by atoms with Gasteiger partial charge in [0, 0.05) is 13.2 Å². The highest BCUT2D eigenvalue weighted by Crippen LogP contribution is 2.18. The molecule has 0 radical (unpaired) electrons. The van der Waals surface area contributed by atoms with Gasteiger partial charge in [0.1, 0.15) is 0 Å². The first-order chi connectivity index (χ1) is 9.03. The molecule has 0 aliphatic rings. The second kappa shape index (κ2) is 5.69. The topological polar surface area (TPSA) is 66.4 Å². The van der Waals surface area contributed by atoms with Crippen LogP contribution in [0.15, 0.2) is 47.4 Å². The summed E-state index contributed by atoms with van der Waals surface area (Å²) in [4.78, 5) is 0.247. The van der Waals surface area contributed by atoms with Crippen LogP contribution in [0.3, 0.4) is 0 Å². The molecule has 102 valence electrons. The summed E-state index contributed by atoms with van der Waals surface area (Å²) in [5.74, 6) is -0.102. The summed E-state index contributed by atoms with van der Waals surface area (Å²) in [6.45, 7) is 1.97. The molecule has 0 spiro atoms. The van der Waals surface area contributed by atoms with Gasteiger partial charge in [0.05, 0.1) is 4.90 Å². The Hall–Kier alpha value is -1.43. The third kappa shape index (κ3) is 3.32. The van der Waals surface area contributed by atoms with Gasteiger partial charge in [-0.05, 0) is 28.8 Å². The summed E-state index contributed by atoms with van der Waals surface area (Å²) in [6, 6.07) is 12.6. The number of fused-ring (bicyclic) bond motifs is 1. The number of rotatable bonds is 5. The van der Waals surface area contributed by atoms with Crippen molar-refractivity contribution in [2.45, 2.75) is 11.8 Å². The van der Waals surface area contributed by atoms with Gasteiger partial charge in [0.2, 0.25) is 10.0 Å². The normalized spacial score (nSPS) is 13.6. The van der Waals surface area contributed by atoms with Gasteiger partial charge in [0.15, 0.2) is 0 Å². The highest BCUT2D eigenvalue weighted by atomic mass is 32.2. The van der Waals surface area contributed by atoms with Crippen LogP contribution in [0.5, 0.6) is 0 Å². The van der Waals surface area contributed by atoms with Gasteiger partial charge in [-0.15, -0.1) is 0 Å². The summed E-state index contributed by atoms with van der Waals surface area (Å²) in [6.07, 6.45) is 0. The van der Waals surface area contributed by atoms with Crippen molar-refractivity contribution < 1.29 is 13.5 Å². The number of aliphatic hydroxyl groups excluding tert-OH is 1. The average Bonchev–Trinajstić information content (AvgIpc) is 2.44. The van der Waals surface area contributed by atoms with Crippen LogP contribution in [-0.2, 0) is 10.0 Å². The molecule has 0 aliphatic carbocycles. The van der Waals surface area contributed by atoms with E-state index in [1.54, 1.807) is 25.1 Å². The fourth-order valence-electron chi connectivity index (χ4n) is 1.73. The quantitative estimate of drug-likeness (QED) is 0.876. The van der Waals surface area contributed by atoms with Crippen molar-refractivity contribution in [3.8, 4) is 0 Å². The van der Waals surface area contributed by atoms with Crippen LogP contribution in [0.25, 0.3) is 10.8 Å².